The Morgan fingerprint density at radius 2 is 1.73 bits per heavy atom. The van der Waals surface area contributed by atoms with Crippen LogP contribution >= 0.6 is 0 Å². The number of nitro groups is 1. The van der Waals surface area contributed by atoms with Crippen molar-refractivity contribution in [3.8, 4) is 22.4 Å². The number of aryl methyl sites for hydroxylation is 2. The summed E-state index contributed by atoms with van der Waals surface area (Å²) in [7, 11) is 0. The Labute approximate surface area is 150 Å². The van der Waals surface area contributed by atoms with E-state index in [1.54, 1.807) is 12.1 Å². The number of nitrogens with zero attached hydrogens (tertiary/aromatic N) is 2. The quantitative estimate of drug-likeness (QED) is 0.354. The molecule has 0 aliphatic rings. The number of fused-ring (bicyclic) bond motifs is 1. The average Bonchev–Trinajstić information content (AvgIpc) is 2.99. The minimum Gasteiger partial charge on any atom is -0.466 e. The van der Waals surface area contributed by atoms with Gasteiger partial charge in [-0.3, -0.25) is 10.1 Å². The first-order chi connectivity index (χ1) is 12.5. The normalized spacial score (nSPS) is 11.0. The third-order valence-corrected chi connectivity index (χ3v) is 4.40. The van der Waals surface area contributed by atoms with Crippen molar-refractivity contribution < 1.29 is 9.34 Å². The summed E-state index contributed by atoms with van der Waals surface area (Å²) in [6.07, 6.45) is 0. The van der Waals surface area contributed by atoms with Crippen LogP contribution < -0.4 is 0 Å². The second-order valence-electron chi connectivity index (χ2n) is 6.21. The lowest BCUT2D eigenvalue weighted by Crippen LogP contribution is -1.93. The molecule has 0 atom stereocenters. The van der Waals surface area contributed by atoms with E-state index >= 15 is 0 Å². The molecule has 0 N–H and O–H groups in total. The summed E-state index contributed by atoms with van der Waals surface area (Å²) in [5.41, 5.74) is 4.39. The van der Waals surface area contributed by atoms with E-state index in [4.69, 9.17) is 9.40 Å². The molecule has 2 aromatic carbocycles. The molecule has 0 unspecified atom stereocenters. The number of non-ortho nitro benzene ring substituents is 1. The molecule has 5 nitrogen and oxygen atoms in total. The first-order valence-corrected chi connectivity index (χ1v) is 8.25. The van der Waals surface area contributed by atoms with Crippen LogP contribution in [0.25, 0.3) is 33.3 Å². The van der Waals surface area contributed by atoms with Crippen molar-refractivity contribution in [2.75, 3.05) is 0 Å². The summed E-state index contributed by atoms with van der Waals surface area (Å²) < 4.78 is 5.65. The maximum absolute atomic E-state index is 11.2. The Bertz CT molecular complexity index is 1130. The molecule has 2 heterocycles. The van der Waals surface area contributed by atoms with E-state index in [0.717, 1.165) is 39.3 Å². The Morgan fingerprint density at radius 3 is 2.38 bits per heavy atom. The maximum Gasteiger partial charge on any atom is 0.270 e. The topological polar surface area (TPSA) is 69.2 Å². The van der Waals surface area contributed by atoms with Crippen LogP contribution in [0.1, 0.15) is 11.5 Å². The highest BCUT2D eigenvalue weighted by atomic mass is 16.6. The molecule has 2 aromatic heterocycles. The van der Waals surface area contributed by atoms with Gasteiger partial charge in [-0.2, -0.15) is 0 Å². The summed E-state index contributed by atoms with van der Waals surface area (Å²) in [5, 5.41) is 12.0. The monoisotopic (exact) mass is 344 g/mol. The largest absolute Gasteiger partial charge is 0.466 e. The molecule has 128 valence electrons. The minimum atomic E-state index is -0.383. The van der Waals surface area contributed by atoms with Gasteiger partial charge in [-0.05, 0) is 43.2 Å². The third kappa shape index (κ3) is 2.73. The summed E-state index contributed by atoms with van der Waals surface area (Å²) in [6, 6.07) is 18.5. The predicted molar refractivity (Wildman–Crippen MR) is 101 cm³/mol. The summed E-state index contributed by atoms with van der Waals surface area (Å²) in [6.45, 7) is 3.81. The van der Waals surface area contributed by atoms with Crippen molar-refractivity contribution in [2.24, 2.45) is 0 Å². The molecule has 0 saturated carbocycles. The fourth-order valence-corrected chi connectivity index (χ4v) is 3.21. The molecule has 0 saturated heterocycles. The van der Waals surface area contributed by atoms with Gasteiger partial charge in [0.05, 0.1) is 16.1 Å². The van der Waals surface area contributed by atoms with Gasteiger partial charge in [-0.25, -0.2) is 4.98 Å². The van der Waals surface area contributed by atoms with Gasteiger partial charge in [-0.1, -0.05) is 30.3 Å². The van der Waals surface area contributed by atoms with Crippen molar-refractivity contribution >= 4 is 16.6 Å². The number of rotatable bonds is 3. The summed E-state index contributed by atoms with van der Waals surface area (Å²) >= 11 is 0. The van der Waals surface area contributed by atoms with Gasteiger partial charge in [0.1, 0.15) is 11.5 Å². The lowest BCUT2D eigenvalue weighted by molar-refractivity contribution is -0.384. The van der Waals surface area contributed by atoms with Crippen LogP contribution in [0.3, 0.4) is 0 Å². The van der Waals surface area contributed by atoms with Crippen LogP contribution in [0.5, 0.6) is 0 Å². The first-order valence-electron chi connectivity index (χ1n) is 8.25. The van der Waals surface area contributed by atoms with Gasteiger partial charge < -0.3 is 4.42 Å². The zero-order valence-electron chi connectivity index (χ0n) is 14.4. The molecule has 26 heavy (non-hydrogen) atoms. The lowest BCUT2D eigenvalue weighted by atomic mass is 9.98. The van der Waals surface area contributed by atoms with Gasteiger partial charge >= 0.3 is 0 Å². The van der Waals surface area contributed by atoms with Crippen LogP contribution in [0.2, 0.25) is 0 Å². The highest BCUT2D eigenvalue weighted by Crippen LogP contribution is 2.35. The minimum absolute atomic E-state index is 0.0552. The third-order valence-electron chi connectivity index (χ3n) is 4.40. The molecule has 0 aliphatic heterocycles. The predicted octanol–water partition coefficient (Wildman–Crippen LogP) is 5.69. The Balaban J connectivity index is 2.04. The maximum atomic E-state index is 11.2. The van der Waals surface area contributed by atoms with Crippen molar-refractivity contribution in [2.45, 2.75) is 13.8 Å². The second kappa shape index (κ2) is 6.11. The summed E-state index contributed by atoms with van der Waals surface area (Å²) in [5.74, 6) is 1.62. The smallest absolute Gasteiger partial charge is 0.270 e. The molecule has 0 spiro atoms. The average molecular weight is 344 g/mol. The van der Waals surface area contributed by atoms with E-state index < -0.39 is 0 Å². The molecule has 0 aliphatic carbocycles. The van der Waals surface area contributed by atoms with Crippen LogP contribution in [-0.4, -0.2) is 9.91 Å². The van der Waals surface area contributed by atoms with Crippen molar-refractivity contribution in [3.05, 3.63) is 82.3 Å². The highest BCUT2D eigenvalue weighted by Gasteiger charge is 2.16. The number of furan rings is 1. The van der Waals surface area contributed by atoms with Crippen LogP contribution in [-0.2, 0) is 0 Å². The fourth-order valence-electron chi connectivity index (χ4n) is 3.21. The highest BCUT2D eigenvalue weighted by molar-refractivity contribution is 5.98. The van der Waals surface area contributed by atoms with Crippen LogP contribution in [0.4, 0.5) is 5.69 Å². The number of nitro benzene ring substituents is 1. The van der Waals surface area contributed by atoms with E-state index in [0.29, 0.717) is 5.52 Å². The van der Waals surface area contributed by atoms with Crippen molar-refractivity contribution in [3.63, 3.8) is 0 Å². The molecule has 0 fully saturated rings. The van der Waals surface area contributed by atoms with Gasteiger partial charge in [-0.15, -0.1) is 0 Å². The SMILES string of the molecule is Cc1cc(-c2cc(-c3ccccc3)c3cc([N+](=O)[O-])ccc3n2)c(C)o1. The number of hydrogen-bond donors (Lipinski definition) is 0. The number of hydrogen-bond acceptors (Lipinski definition) is 4. The number of pyridine rings is 1. The Morgan fingerprint density at radius 1 is 0.962 bits per heavy atom. The molecule has 4 aromatic rings. The van der Waals surface area contributed by atoms with E-state index in [1.165, 1.54) is 6.07 Å². The Hall–Kier alpha value is -3.47. The fraction of sp³-hybridized carbons (Fsp3) is 0.0952. The molecular weight excluding hydrogens is 328 g/mol. The van der Waals surface area contributed by atoms with E-state index in [9.17, 15) is 10.1 Å². The van der Waals surface area contributed by atoms with Gasteiger partial charge in [0.25, 0.3) is 5.69 Å². The lowest BCUT2D eigenvalue weighted by Gasteiger charge is -2.10. The zero-order chi connectivity index (χ0) is 18.3. The molecular formula is C21H16N2O3. The zero-order valence-corrected chi connectivity index (χ0v) is 14.4. The van der Waals surface area contributed by atoms with Crippen molar-refractivity contribution in [1.29, 1.82) is 0 Å². The van der Waals surface area contributed by atoms with E-state index in [1.807, 2.05) is 56.3 Å². The van der Waals surface area contributed by atoms with Gasteiger partial charge in [0, 0.05) is 23.1 Å². The summed E-state index contributed by atoms with van der Waals surface area (Å²) in [4.78, 5) is 15.5. The molecule has 0 radical (unpaired) electrons. The first kappa shape index (κ1) is 16.0. The van der Waals surface area contributed by atoms with Gasteiger partial charge in [0.2, 0.25) is 0 Å². The van der Waals surface area contributed by atoms with Crippen molar-refractivity contribution in [1.82, 2.24) is 4.98 Å². The molecule has 5 heteroatoms. The molecule has 0 amide bonds. The number of benzene rings is 2. The second-order valence-corrected chi connectivity index (χ2v) is 6.21. The number of aromatic nitrogens is 1. The molecule has 4 rings (SSSR count). The Kier molecular flexibility index (Phi) is 3.77. The van der Waals surface area contributed by atoms with E-state index in [-0.39, 0.29) is 10.6 Å². The van der Waals surface area contributed by atoms with Crippen LogP contribution in [0, 0.1) is 24.0 Å². The molecule has 0 bridgehead atoms. The van der Waals surface area contributed by atoms with Crippen LogP contribution in [0.15, 0.2) is 65.1 Å². The standard InChI is InChI=1S/C21H16N2O3/c1-13-10-17(14(2)26-13)21-12-18(15-6-4-3-5-7-15)19-11-16(23(24)25)8-9-20(19)22-21/h3-12H,1-2H3. The van der Waals surface area contributed by atoms with E-state index in [2.05, 4.69) is 0 Å². The van der Waals surface area contributed by atoms with Gasteiger partial charge in [0.15, 0.2) is 0 Å².